The average molecular weight is 332 g/mol. The van der Waals surface area contributed by atoms with Crippen molar-refractivity contribution >= 4 is 5.91 Å². The summed E-state index contributed by atoms with van der Waals surface area (Å²) in [6.07, 6.45) is 6.25. The Labute approximate surface area is 146 Å². The second kappa shape index (κ2) is 9.67. The Bertz CT molecular complexity index is 530. The molecule has 4 nitrogen and oxygen atoms in total. The molecule has 1 aromatic rings. The summed E-state index contributed by atoms with van der Waals surface area (Å²) < 4.78 is 5.52. The van der Waals surface area contributed by atoms with Gasteiger partial charge in [0.2, 0.25) is 0 Å². The molecule has 4 heteroatoms. The fourth-order valence-corrected chi connectivity index (χ4v) is 3.51. The Kier molecular flexibility index (Phi) is 7.57. The van der Waals surface area contributed by atoms with Crippen LogP contribution in [0.3, 0.4) is 0 Å². The summed E-state index contributed by atoms with van der Waals surface area (Å²) >= 11 is 0. The Morgan fingerprint density at radius 2 is 2.17 bits per heavy atom. The second-order valence-electron chi connectivity index (χ2n) is 6.62. The number of nitrogens with one attached hydrogen (secondary N) is 1. The number of piperidine rings is 1. The first-order chi connectivity index (χ1) is 11.7. The zero-order valence-electron chi connectivity index (χ0n) is 15.4. The topological polar surface area (TPSA) is 41.6 Å². The number of hydrogen-bond acceptors (Lipinski definition) is 3. The fraction of sp³-hybridized carbons (Fsp3) is 0.650. The number of amides is 1. The molecule has 0 bridgehead atoms. The van der Waals surface area contributed by atoms with Crippen LogP contribution in [-0.4, -0.2) is 43.1 Å². The van der Waals surface area contributed by atoms with Gasteiger partial charge in [-0.2, -0.15) is 0 Å². The third-order valence-electron chi connectivity index (χ3n) is 4.86. The van der Waals surface area contributed by atoms with E-state index in [4.69, 9.17) is 4.74 Å². The van der Waals surface area contributed by atoms with Crippen LogP contribution in [0.5, 0.6) is 5.75 Å². The number of aryl methyl sites for hydroxylation is 1. The van der Waals surface area contributed by atoms with Crippen molar-refractivity contribution in [3.8, 4) is 5.75 Å². The molecule has 0 unspecified atom stereocenters. The van der Waals surface area contributed by atoms with Gasteiger partial charge in [0.25, 0.3) is 5.91 Å². The number of rotatable bonds is 8. The fourth-order valence-electron chi connectivity index (χ4n) is 3.51. The third-order valence-corrected chi connectivity index (χ3v) is 4.86. The Morgan fingerprint density at radius 3 is 2.88 bits per heavy atom. The minimum absolute atomic E-state index is 0.00633. The molecule has 0 saturated carbocycles. The summed E-state index contributed by atoms with van der Waals surface area (Å²) in [5.41, 5.74) is 1.71. The normalized spacial score (nSPS) is 18.4. The number of benzene rings is 1. The minimum atomic E-state index is 0.00633. The standard InChI is InChI=1S/C20H32N2O2/c1-4-18-9-6-7-13-22(18)14-8-12-21-20(23)17-10-11-19(24-5-2)16(3)15-17/h10-11,15,18H,4-9,12-14H2,1-3H3,(H,21,23)/t18-/m0/s1. The Hall–Kier alpha value is -1.55. The van der Waals surface area contributed by atoms with Crippen molar-refractivity contribution in [2.75, 3.05) is 26.2 Å². The molecular formula is C20H32N2O2. The van der Waals surface area contributed by atoms with Gasteiger partial charge in [0.15, 0.2) is 0 Å². The van der Waals surface area contributed by atoms with Gasteiger partial charge in [-0.3, -0.25) is 4.79 Å². The first-order valence-corrected chi connectivity index (χ1v) is 9.41. The lowest BCUT2D eigenvalue weighted by atomic mass is 10.00. The van der Waals surface area contributed by atoms with Crippen LogP contribution in [0.2, 0.25) is 0 Å². The maximum atomic E-state index is 12.3. The summed E-state index contributed by atoms with van der Waals surface area (Å²) in [6.45, 7) is 9.89. The zero-order valence-corrected chi connectivity index (χ0v) is 15.4. The van der Waals surface area contributed by atoms with Gasteiger partial charge in [-0.05, 0) is 69.8 Å². The molecule has 1 aromatic carbocycles. The Balaban J connectivity index is 1.75. The van der Waals surface area contributed by atoms with E-state index in [1.807, 2.05) is 32.0 Å². The molecule has 134 valence electrons. The number of ether oxygens (including phenoxy) is 1. The van der Waals surface area contributed by atoms with Gasteiger partial charge in [0.1, 0.15) is 5.75 Å². The lowest BCUT2D eigenvalue weighted by molar-refractivity contribution is 0.0947. The minimum Gasteiger partial charge on any atom is -0.494 e. The highest BCUT2D eigenvalue weighted by Gasteiger charge is 2.19. The van der Waals surface area contributed by atoms with Crippen molar-refractivity contribution in [1.82, 2.24) is 10.2 Å². The van der Waals surface area contributed by atoms with Gasteiger partial charge in [0, 0.05) is 24.7 Å². The molecule has 1 fully saturated rings. The van der Waals surface area contributed by atoms with Crippen LogP contribution in [0.25, 0.3) is 0 Å². The number of carbonyl (C=O) groups is 1. The average Bonchev–Trinajstić information content (AvgIpc) is 2.60. The predicted molar refractivity (Wildman–Crippen MR) is 98.8 cm³/mol. The highest BCUT2D eigenvalue weighted by atomic mass is 16.5. The van der Waals surface area contributed by atoms with Crippen LogP contribution in [0, 0.1) is 6.92 Å². The van der Waals surface area contributed by atoms with Crippen molar-refractivity contribution < 1.29 is 9.53 Å². The number of hydrogen-bond donors (Lipinski definition) is 1. The van der Waals surface area contributed by atoms with Gasteiger partial charge in [0.05, 0.1) is 6.61 Å². The van der Waals surface area contributed by atoms with Gasteiger partial charge in [-0.1, -0.05) is 13.3 Å². The molecule has 0 spiro atoms. The number of likely N-dealkylation sites (tertiary alicyclic amines) is 1. The van der Waals surface area contributed by atoms with Crippen molar-refractivity contribution in [2.45, 2.75) is 58.9 Å². The molecule has 1 heterocycles. The molecule has 2 rings (SSSR count). The van der Waals surface area contributed by atoms with Crippen molar-refractivity contribution in [3.63, 3.8) is 0 Å². The van der Waals surface area contributed by atoms with E-state index in [-0.39, 0.29) is 5.91 Å². The summed E-state index contributed by atoms with van der Waals surface area (Å²) in [7, 11) is 0. The first kappa shape index (κ1) is 18.8. The summed E-state index contributed by atoms with van der Waals surface area (Å²) in [6, 6.07) is 6.36. The monoisotopic (exact) mass is 332 g/mol. The van der Waals surface area contributed by atoms with E-state index in [1.54, 1.807) is 0 Å². The van der Waals surface area contributed by atoms with Gasteiger partial charge in [-0.25, -0.2) is 0 Å². The third kappa shape index (κ3) is 5.23. The molecule has 1 atom stereocenters. The molecule has 0 aromatic heterocycles. The maximum Gasteiger partial charge on any atom is 0.251 e. The summed E-state index contributed by atoms with van der Waals surface area (Å²) in [4.78, 5) is 14.9. The molecular weight excluding hydrogens is 300 g/mol. The van der Waals surface area contributed by atoms with E-state index in [2.05, 4.69) is 17.1 Å². The summed E-state index contributed by atoms with van der Waals surface area (Å²) in [5, 5.41) is 3.04. The van der Waals surface area contributed by atoms with Crippen LogP contribution in [-0.2, 0) is 0 Å². The molecule has 0 aliphatic carbocycles. The van der Waals surface area contributed by atoms with Crippen molar-refractivity contribution in [1.29, 1.82) is 0 Å². The Morgan fingerprint density at radius 1 is 1.33 bits per heavy atom. The van der Waals surface area contributed by atoms with Gasteiger partial charge in [-0.15, -0.1) is 0 Å². The quantitative estimate of drug-likeness (QED) is 0.737. The van der Waals surface area contributed by atoms with E-state index in [0.717, 1.165) is 36.9 Å². The number of nitrogens with zero attached hydrogens (tertiary/aromatic N) is 1. The zero-order chi connectivity index (χ0) is 17.4. The summed E-state index contributed by atoms with van der Waals surface area (Å²) in [5.74, 6) is 0.858. The second-order valence-corrected chi connectivity index (χ2v) is 6.62. The molecule has 0 radical (unpaired) electrons. The predicted octanol–water partition coefficient (Wildman–Crippen LogP) is 3.78. The van der Waals surface area contributed by atoms with E-state index in [9.17, 15) is 4.79 Å². The van der Waals surface area contributed by atoms with E-state index < -0.39 is 0 Å². The smallest absolute Gasteiger partial charge is 0.251 e. The van der Waals surface area contributed by atoms with Crippen LogP contribution >= 0.6 is 0 Å². The molecule has 1 saturated heterocycles. The molecule has 1 aliphatic rings. The SMILES string of the molecule is CCOc1ccc(C(=O)NCCCN2CCCC[C@@H]2CC)cc1C. The molecule has 24 heavy (non-hydrogen) atoms. The molecule has 1 N–H and O–H groups in total. The van der Waals surface area contributed by atoms with Crippen LogP contribution < -0.4 is 10.1 Å². The number of carbonyl (C=O) groups excluding carboxylic acids is 1. The van der Waals surface area contributed by atoms with Crippen LogP contribution in [0.1, 0.15) is 61.9 Å². The van der Waals surface area contributed by atoms with E-state index >= 15 is 0 Å². The van der Waals surface area contributed by atoms with Crippen LogP contribution in [0.15, 0.2) is 18.2 Å². The van der Waals surface area contributed by atoms with E-state index in [0.29, 0.717) is 12.2 Å². The van der Waals surface area contributed by atoms with Gasteiger partial charge >= 0.3 is 0 Å². The van der Waals surface area contributed by atoms with E-state index in [1.165, 1.54) is 32.2 Å². The lowest BCUT2D eigenvalue weighted by Crippen LogP contribution is -2.40. The highest BCUT2D eigenvalue weighted by Crippen LogP contribution is 2.20. The van der Waals surface area contributed by atoms with Crippen molar-refractivity contribution in [3.05, 3.63) is 29.3 Å². The van der Waals surface area contributed by atoms with Gasteiger partial charge < -0.3 is 15.0 Å². The largest absolute Gasteiger partial charge is 0.494 e. The van der Waals surface area contributed by atoms with Crippen molar-refractivity contribution in [2.24, 2.45) is 0 Å². The highest BCUT2D eigenvalue weighted by molar-refractivity contribution is 5.94. The molecule has 1 amide bonds. The lowest BCUT2D eigenvalue weighted by Gasteiger charge is -2.35. The van der Waals surface area contributed by atoms with Crippen LogP contribution in [0.4, 0.5) is 0 Å². The maximum absolute atomic E-state index is 12.3. The first-order valence-electron chi connectivity index (χ1n) is 9.41. The molecule has 1 aliphatic heterocycles.